The second kappa shape index (κ2) is 6.27. The molecule has 0 saturated carbocycles. The highest BCUT2D eigenvalue weighted by Gasteiger charge is 2.09. The maximum Gasteiger partial charge on any atom is 0.247 e. The van der Waals surface area contributed by atoms with Gasteiger partial charge in [0.2, 0.25) is 11.8 Å². The average Bonchev–Trinajstić information content (AvgIpc) is 3.16. The zero-order valence-electron chi connectivity index (χ0n) is 11.7. The van der Waals surface area contributed by atoms with Gasteiger partial charge < -0.3 is 9.73 Å². The Balaban J connectivity index is 1.68. The Bertz CT molecular complexity index is 690. The van der Waals surface area contributed by atoms with Gasteiger partial charge in [-0.05, 0) is 18.7 Å². The number of nitrogens with one attached hydrogen (secondary N) is 1. The number of nitrogens with zero attached hydrogens (tertiary/aromatic N) is 5. The van der Waals surface area contributed by atoms with Crippen LogP contribution < -0.4 is 5.32 Å². The van der Waals surface area contributed by atoms with Crippen LogP contribution in [0.2, 0.25) is 0 Å². The molecule has 0 aliphatic heterocycles. The van der Waals surface area contributed by atoms with Gasteiger partial charge in [-0.3, -0.25) is 0 Å². The van der Waals surface area contributed by atoms with Gasteiger partial charge in [-0.1, -0.05) is 30.3 Å². The first-order valence-corrected chi connectivity index (χ1v) is 6.82. The maximum absolute atomic E-state index is 5.64. The topological polar surface area (TPSA) is 81.7 Å². The molecule has 0 radical (unpaired) electrons. The third kappa shape index (κ3) is 3.32. The molecule has 21 heavy (non-hydrogen) atoms. The van der Waals surface area contributed by atoms with E-state index in [-0.39, 0.29) is 0 Å². The molecule has 1 aromatic carbocycles. The summed E-state index contributed by atoms with van der Waals surface area (Å²) in [5.74, 6) is 1.02. The van der Waals surface area contributed by atoms with Gasteiger partial charge in [0, 0.05) is 12.1 Å². The van der Waals surface area contributed by atoms with Crippen molar-refractivity contribution in [3.8, 4) is 11.5 Å². The molecule has 0 amide bonds. The van der Waals surface area contributed by atoms with Crippen LogP contribution in [0.5, 0.6) is 0 Å². The van der Waals surface area contributed by atoms with E-state index in [1.165, 1.54) is 0 Å². The van der Waals surface area contributed by atoms with Gasteiger partial charge in [0.25, 0.3) is 0 Å². The van der Waals surface area contributed by atoms with Crippen LogP contribution >= 0.6 is 0 Å². The van der Waals surface area contributed by atoms with Crippen LogP contribution in [0.15, 0.2) is 40.9 Å². The lowest BCUT2D eigenvalue weighted by Crippen LogP contribution is -2.11. The van der Waals surface area contributed by atoms with Crippen LogP contribution in [0, 0.1) is 0 Å². The first-order chi connectivity index (χ1) is 10.3. The molecule has 0 spiro atoms. The second-order valence-corrected chi connectivity index (χ2v) is 4.55. The van der Waals surface area contributed by atoms with Gasteiger partial charge in [0.05, 0.1) is 11.9 Å². The van der Waals surface area contributed by atoms with Crippen LogP contribution in [-0.4, -0.2) is 31.7 Å². The standard InChI is InChI=1S/C14H16N6O/c1-2-15-8-12-9-20(19-16-12)10-13-17-18-14(21-13)11-6-4-3-5-7-11/h3-7,9,15H,2,8,10H2,1H3. The minimum Gasteiger partial charge on any atom is -0.419 e. The summed E-state index contributed by atoms with van der Waals surface area (Å²) in [6, 6.07) is 9.68. The van der Waals surface area contributed by atoms with Gasteiger partial charge in [0.1, 0.15) is 6.54 Å². The molecule has 0 atom stereocenters. The van der Waals surface area contributed by atoms with Crippen LogP contribution in [0.1, 0.15) is 18.5 Å². The van der Waals surface area contributed by atoms with E-state index in [0.29, 0.717) is 24.9 Å². The van der Waals surface area contributed by atoms with Crippen molar-refractivity contribution >= 4 is 0 Å². The predicted octanol–water partition coefficient (Wildman–Crippen LogP) is 1.49. The summed E-state index contributed by atoms with van der Waals surface area (Å²) in [5.41, 5.74) is 1.79. The van der Waals surface area contributed by atoms with E-state index in [1.807, 2.05) is 43.5 Å². The van der Waals surface area contributed by atoms with E-state index >= 15 is 0 Å². The predicted molar refractivity (Wildman–Crippen MR) is 76.2 cm³/mol. The lowest BCUT2D eigenvalue weighted by atomic mass is 10.2. The molecule has 2 heterocycles. The Morgan fingerprint density at radius 3 is 2.81 bits per heavy atom. The van der Waals surface area contributed by atoms with E-state index in [0.717, 1.165) is 17.8 Å². The van der Waals surface area contributed by atoms with Crippen molar-refractivity contribution in [1.29, 1.82) is 0 Å². The molecule has 3 rings (SSSR count). The number of rotatable bonds is 6. The summed E-state index contributed by atoms with van der Waals surface area (Å²) in [6.45, 7) is 4.07. The molecular weight excluding hydrogens is 268 g/mol. The highest BCUT2D eigenvalue weighted by Crippen LogP contribution is 2.17. The lowest BCUT2D eigenvalue weighted by molar-refractivity contribution is 0.469. The number of aromatic nitrogens is 5. The molecule has 7 heteroatoms. The van der Waals surface area contributed by atoms with E-state index < -0.39 is 0 Å². The molecule has 0 bridgehead atoms. The van der Waals surface area contributed by atoms with Crippen LogP contribution in [-0.2, 0) is 13.1 Å². The summed E-state index contributed by atoms with van der Waals surface area (Å²) in [6.07, 6.45) is 1.87. The highest BCUT2D eigenvalue weighted by atomic mass is 16.4. The molecule has 0 aliphatic rings. The molecule has 108 valence electrons. The zero-order valence-corrected chi connectivity index (χ0v) is 11.7. The van der Waals surface area contributed by atoms with Crippen molar-refractivity contribution in [1.82, 2.24) is 30.5 Å². The number of hydrogen-bond donors (Lipinski definition) is 1. The first kappa shape index (κ1) is 13.4. The van der Waals surface area contributed by atoms with Gasteiger partial charge in [-0.15, -0.1) is 15.3 Å². The quantitative estimate of drug-likeness (QED) is 0.738. The molecule has 0 fully saturated rings. The monoisotopic (exact) mass is 284 g/mol. The highest BCUT2D eigenvalue weighted by molar-refractivity contribution is 5.51. The van der Waals surface area contributed by atoms with Crippen LogP contribution in [0.4, 0.5) is 0 Å². The Morgan fingerprint density at radius 2 is 2.00 bits per heavy atom. The fourth-order valence-electron chi connectivity index (χ4n) is 1.90. The molecule has 0 aliphatic carbocycles. The van der Waals surface area contributed by atoms with E-state index in [2.05, 4.69) is 25.8 Å². The van der Waals surface area contributed by atoms with Gasteiger partial charge in [0.15, 0.2) is 0 Å². The summed E-state index contributed by atoms with van der Waals surface area (Å²) < 4.78 is 7.33. The van der Waals surface area contributed by atoms with Gasteiger partial charge in [-0.25, -0.2) is 4.68 Å². The molecule has 3 aromatic rings. The third-order valence-electron chi connectivity index (χ3n) is 2.93. The lowest BCUT2D eigenvalue weighted by Gasteiger charge is -1.95. The Hall–Kier alpha value is -2.54. The minimum absolute atomic E-state index is 0.416. The van der Waals surface area contributed by atoms with E-state index in [1.54, 1.807) is 4.68 Å². The Kier molecular flexibility index (Phi) is 4.02. The Labute approximate surface area is 122 Å². The number of hydrogen-bond acceptors (Lipinski definition) is 6. The molecule has 7 nitrogen and oxygen atoms in total. The van der Waals surface area contributed by atoms with E-state index in [9.17, 15) is 0 Å². The summed E-state index contributed by atoms with van der Waals surface area (Å²) in [5, 5.41) is 19.4. The third-order valence-corrected chi connectivity index (χ3v) is 2.93. The second-order valence-electron chi connectivity index (χ2n) is 4.55. The smallest absolute Gasteiger partial charge is 0.247 e. The fourth-order valence-corrected chi connectivity index (χ4v) is 1.90. The fraction of sp³-hybridized carbons (Fsp3) is 0.286. The average molecular weight is 284 g/mol. The van der Waals surface area contributed by atoms with Crippen molar-refractivity contribution in [3.63, 3.8) is 0 Å². The van der Waals surface area contributed by atoms with Crippen LogP contribution in [0.25, 0.3) is 11.5 Å². The summed E-state index contributed by atoms with van der Waals surface area (Å²) >= 11 is 0. The van der Waals surface area contributed by atoms with E-state index in [4.69, 9.17) is 4.42 Å². The van der Waals surface area contributed by atoms with Crippen molar-refractivity contribution in [2.24, 2.45) is 0 Å². The molecule has 0 saturated heterocycles. The van der Waals surface area contributed by atoms with Crippen molar-refractivity contribution in [2.45, 2.75) is 20.0 Å². The normalized spacial score (nSPS) is 10.9. The summed E-state index contributed by atoms with van der Waals surface area (Å²) in [7, 11) is 0. The largest absolute Gasteiger partial charge is 0.419 e. The minimum atomic E-state index is 0.416. The number of benzene rings is 1. The molecule has 1 N–H and O–H groups in total. The van der Waals surface area contributed by atoms with Gasteiger partial charge in [-0.2, -0.15) is 0 Å². The molecule has 0 unspecified atom stereocenters. The summed E-state index contributed by atoms with van der Waals surface area (Å²) in [4.78, 5) is 0. The first-order valence-electron chi connectivity index (χ1n) is 6.82. The van der Waals surface area contributed by atoms with Crippen molar-refractivity contribution < 1.29 is 4.42 Å². The Morgan fingerprint density at radius 1 is 1.14 bits per heavy atom. The van der Waals surface area contributed by atoms with Crippen molar-refractivity contribution in [3.05, 3.63) is 48.1 Å². The molecular formula is C14H16N6O. The SMILES string of the molecule is CCNCc1cn(Cc2nnc(-c3ccccc3)o2)nn1. The zero-order chi connectivity index (χ0) is 14.5. The van der Waals surface area contributed by atoms with Gasteiger partial charge >= 0.3 is 0 Å². The molecule has 2 aromatic heterocycles. The maximum atomic E-state index is 5.64. The van der Waals surface area contributed by atoms with Crippen LogP contribution in [0.3, 0.4) is 0 Å². The van der Waals surface area contributed by atoms with Crippen molar-refractivity contribution in [2.75, 3.05) is 6.54 Å².